The molecule has 408 valence electrons. The number of para-hydroxylation sites is 1. The van der Waals surface area contributed by atoms with E-state index in [4.69, 9.17) is 4.98 Å². The minimum Gasteiger partial charge on any atom is -0.500 e. The van der Waals surface area contributed by atoms with Crippen LogP contribution in [-0.4, -0.2) is 9.55 Å². The van der Waals surface area contributed by atoms with Gasteiger partial charge in [0.2, 0.25) is 0 Å². The first-order chi connectivity index (χ1) is 37.5. The largest absolute Gasteiger partial charge is 0.500 e. The number of pyridine rings is 1. The molecule has 0 fully saturated rings. The van der Waals surface area contributed by atoms with Gasteiger partial charge in [0.1, 0.15) is 5.82 Å². The van der Waals surface area contributed by atoms with E-state index in [1.54, 1.807) is 0 Å². The Labute approximate surface area is 490 Å². The van der Waals surface area contributed by atoms with E-state index in [0.29, 0.717) is 0 Å². The van der Waals surface area contributed by atoms with E-state index < -0.39 is 0 Å². The minimum absolute atomic E-state index is 0. The van der Waals surface area contributed by atoms with E-state index >= 15 is 0 Å². The summed E-state index contributed by atoms with van der Waals surface area (Å²) in [7, 11) is 0. The average Bonchev–Trinajstić information content (AvgIpc) is 4.26. The molecule has 0 radical (unpaired) electrons. The molecule has 0 amide bonds. The monoisotopic (exact) mass is 1230 g/mol. The van der Waals surface area contributed by atoms with E-state index in [1.165, 1.54) is 44.3 Å². The van der Waals surface area contributed by atoms with Crippen molar-refractivity contribution in [3.05, 3.63) is 264 Å². The Morgan fingerprint density at radius 3 is 1.56 bits per heavy atom. The predicted molar refractivity (Wildman–Crippen MR) is 334 cm³/mol. The molecule has 0 saturated heterocycles. The first-order valence-corrected chi connectivity index (χ1v) is 27.9. The van der Waals surface area contributed by atoms with Gasteiger partial charge in [-0.05, 0) is 121 Å². The minimum atomic E-state index is -0.265. The third-order valence-electron chi connectivity index (χ3n) is 16.4. The summed E-state index contributed by atoms with van der Waals surface area (Å²) in [4.78, 5) is 11.9. The summed E-state index contributed by atoms with van der Waals surface area (Å²) in [5.74, 6) is 0.871. The molecule has 8 aromatic carbocycles. The zero-order valence-corrected chi connectivity index (χ0v) is 51.0. The number of fused-ring (bicyclic) bond motifs is 3. The predicted octanol–water partition coefficient (Wildman–Crippen LogP) is 19.4. The van der Waals surface area contributed by atoms with Gasteiger partial charge in [0.05, 0.1) is 0 Å². The quantitative estimate of drug-likeness (QED) is 0.121. The van der Waals surface area contributed by atoms with Crippen LogP contribution in [0.2, 0.25) is 0 Å². The summed E-state index contributed by atoms with van der Waals surface area (Å²) >= 11 is 0. The summed E-state index contributed by atoms with van der Waals surface area (Å²) in [6.45, 7) is 32.0. The van der Waals surface area contributed by atoms with Crippen molar-refractivity contribution >= 4 is 50.2 Å². The summed E-state index contributed by atoms with van der Waals surface area (Å²) < 4.78 is 2.31. The number of rotatable bonds is 11. The number of aromatic nitrogens is 2. The smallest absolute Gasteiger partial charge is 0.135 e. The number of benzene rings is 8. The van der Waals surface area contributed by atoms with Crippen LogP contribution in [0.4, 0.5) is 28.4 Å². The van der Waals surface area contributed by atoms with E-state index in [0.717, 1.165) is 61.8 Å². The molecule has 0 atom stereocenters. The first-order valence-electron chi connectivity index (χ1n) is 27.9. The standard InChI is InChI=1S/C74H74N5.Pt/c1-70(2,3)53-31-29-51(30-32-53)52-41-62(76-39-40-77(50-76)63-44-58(73(10,11)54-23-17-14-18-24-54)43-59(45-63)74(12,13)55-25-19-15-20-26-55)48-64(42-52)78(60-27-21-16-22-28-60)61-34-35-65-66-46-56(71(4,5)6)33-36-67(66)79(68(65)49-61)69-47-57(37-38-75-69)72(7,8)9;/h14-47,50H,1-13H3;/q-3;. The molecule has 10 aromatic rings. The van der Waals surface area contributed by atoms with Gasteiger partial charge < -0.3 is 19.3 Å². The number of hydrogen-bond donors (Lipinski definition) is 0. The van der Waals surface area contributed by atoms with Crippen molar-refractivity contribution in [1.82, 2.24) is 9.55 Å². The molecule has 80 heavy (non-hydrogen) atoms. The molecule has 1 aliphatic heterocycles. The second-order valence-electron chi connectivity index (χ2n) is 25.7. The molecule has 5 nitrogen and oxygen atoms in total. The van der Waals surface area contributed by atoms with Gasteiger partial charge in [0, 0.05) is 55.0 Å². The maximum atomic E-state index is 5.07. The Balaban J connectivity index is 0.00000720. The van der Waals surface area contributed by atoms with Crippen molar-refractivity contribution in [1.29, 1.82) is 0 Å². The van der Waals surface area contributed by atoms with Crippen molar-refractivity contribution < 1.29 is 21.1 Å². The molecule has 6 heteroatoms. The molecule has 2 aromatic heterocycles. The van der Waals surface area contributed by atoms with Crippen LogP contribution >= 0.6 is 0 Å². The summed E-state index contributed by atoms with van der Waals surface area (Å²) in [5.41, 5.74) is 17.3. The molecule has 0 aliphatic carbocycles. The van der Waals surface area contributed by atoms with E-state index in [-0.39, 0.29) is 48.1 Å². The van der Waals surface area contributed by atoms with Gasteiger partial charge in [0.25, 0.3) is 0 Å². The van der Waals surface area contributed by atoms with Crippen molar-refractivity contribution in [2.75, 3.05) is 14.7 Å². The van der Waals surface area contributed by atoms with Crippen molar-refractivity contribution in [3.8, 4) is 16.9 Å². The third-order valence-corrected chi connectivity index (χ3v) is 16.4. The second kappa shape index (κ2) is 21.2. The third kappa shape index (κ3) is 10.8. The molecule has 3 heterocycles. The topological polar surface area (TPSA) is 27.5 Å². The Bertz CT molecular complexity index is 3800. The molecular weight excluding hydrogens is 1150 g/mol. The van der Waals surface area contributed by atoms with Crippen LogP contribution in [-0.2, 0) is 48.1 Å². The fourth-order valence-corrected chi connectivity index (χ4v) is 11.1. The molecule has 0 bridgehead atoms. The van der Waals surface area contributed by atoms with Gasteiger partial charge in [-0.3, -0.25) is 0 Å². The van der Waals surface area contributed by atoms with Gasteiger partial charge in [0.15, 0.2) is 0 Å². The van der Waals surface area contributed by atoms with Crippen molar-refractivity contribution in [2.24, 2.45) is 0 Å². The zero-order valence-electron chi connectivity index (χ0n) is 48.8. The number of anilines is 5. The maximum absolute atomic E-state index is 5.07. The Morgan fingerprint density at radius 1 is 0.425 bits per heavy atom. The maximum Gasteiger partial charge on any atom is 0.135 e. The number of nitrogens with zero attached hydrogens (tertiary/aromatic N) is 5. The molecule has 0 N–H and O–H groups in total. The van der Waals surface area contributed by atoms with Gasteiger partial charge >= 0.3 is 0 Å². The van der Waals surface area contributed by atoms with E-state index in [1.807, 2.05) is 6.20 Å². The molecule has 0 saturated carbocycles. The molecule has 0 spiro atoms. The molecule has 1 aliphatic rings. The molecule has 11 rings (SSSR count). The Morgan fingerprint density at radius 2 is 0.975 bits per heavy atom. The zero-order chi connectivity index (χ0) is 55.6. The summed E-state index contributed by atoms with van der Waals surface area (Å²) in [6.07, 6.45) is 6.29. The van der Waals surface area contributed by atoms with Gasteiger partial charge in [-0.1, -0.05) is 228 Å². The van der Waals surface area contributed by atoms with E-state index in [2.05, 4.69) is 329 Å². The van der Waals surface area contributed by atoms with Crippen LogP contribution in [0.15, 0.2) is 207 Å². The fourth-order valence-electron chi connectivity index (χ4n) is 11.1. The van der Waals surface area contributed by atoms with Crippen molar-refractivity contribution in [3.63, 3.8) is 0 Å². The molecule has 0 unspecified atom stereocenters. The normalized spacial score (nSPS) is 13.3. The van der Waals surface area contributed by atoms with Crippen LogP contribution in [0.1, 0.15) is 129 Å². The summed E-state index contributed by atoms with van der Waals surface area (Å²) in [5, 5.41) is 2.31. The second-order valence-corrected chi connectivity index (χ2v) is 25.7. The first kappa shape index (κ1) is 55.8. The van der Waals surface area contributed by atoms with Gasteiger partial charge in [-0.25, -0.2) is 4.98 Å². The van der Waals surface area contributed by atoms with E-state index in [9.17, 15) is 0 Å². The van der Waals surface area contributed by atoms with Gasteiger partial charge in [-0.2, -0.15) is 6.07 Å². The Kier molecular flexibility index (Phi) is 14.8. The van der Waals surface area contributed by atoms with Crippen LogP contribution in [0.5, 0.6) is 0 Å². The Hall–Kier alpha value is -7.46. The van der Waals surface area contributed by atoms with Crippen LogP contribution in [0.25, 0.3) is 38.8 Å². The molecular formula is C74H74N5Pt-3. The van der Waals surface area contributed by atoms with Crippen molar-refractivity contribution in [2.45, 2.75) is 117 Å². The number of hydrogen-bond acceptors (Lipinski definition) is 4. The van der Waals surface area contributed by atoms with Gasteiger partial charge in [-0.15, -0.1) is 53.6 Å². The van der Waals surface area contributed by atoms with Crippen LogP contribution < -0.4 is 14.7 Å². The van der Waals surface area contributed by atoms with Crippen LogP contribution in [0.3, 0.4) is 0 Å². The van der Waals surface area contributed by atoms with Crippen LogP contribution in [0, 0.1) is 18.8 Å². The SMILES string of the molecule is CC(C)(C)c1ccc(-c2cc(N3C=CN(c4cc(C(C)(C)c5ccccc5)cc(C(C)(C)c5ccccc5)c4)[CH-]3)[c-]c(N(c3[c-]c4c(cc3)c3cc(C(C)(C)C)ccc3n4-c3cc(C(C)(C)C)ccn3)c3ccccc3)c2)cc1.[Pt]. The summed E-state index contributed by atoms with van der Waals surface area (Å²) in [6, 6.07) is 77.0. The average molecular weight is 1230 g/mol. The fraction of sp³-hybridized carbons (Fsp3) is 0.243.